The van der Waals surface area contributed by atoms with Crippen molar-refractivity contribution in [1.82, 2.24) is 20.9 Å². The number of rotatable bonds is 8. The summed E-state index contributed by atoms with van der Waals surface area (Å²) in [7, 11) is 5.22. The summed E-state index contributed by atoms with van der Waals surface area (Å²) in [6.07, 6.45) is 2.82. The lowest BCUT2D eigenvalue weighted by Crippen LogP contribution is -2.42. The van der Waals surface area contributed by atoms with Gasteiger partial charge in [0, 0.05) is 52.3 Å². The van der Waals surface area contributed by atoms with Crippen LogP contribution in [0.3, 0.4) is 0 Å². The predicted molar refractivity (Wildman–Crippen MR) is 119 cm³/mol. The molecule has 7 nitrogen and oxygen atoms in total. The molecule has 2 rings (SSSR count). The number of hydrogen-bond acceptors (Lipinski definition) is 3. The summed E-state index contributed by atoms with van der Waals surface area (Å²) < 4.78 is 0. The Balaban J connectivity index is 0.00000364. The Hall–Kier alpha value is -1.84. The van der Waals surface area contributed by atoms with Gasteiger partial charge in [-0.1, -0.05) is 12.1 Å². The Kier molecular flexibility index (Phi) is 10.1. The Morgan fingerprint density at radius 1 is 1.11 bits per heavy atom. The van der Waals surface area contributed by atoms with Gasteiger partial charge >= 0.3 is 0 Å². The van der Waals surface area contributed by atoms with Crippen LogP contribution in [0.5, 0.6) is 0 Å². The van der Waals surface area contributed by atoms with Gasteiger partial charge in [-0.15, -0.1) is 24.0 Å². The summed E-state index contributed by atoms with van der Waals surface area (Å²) in [5.74, 6) is 1.10. The molecule has 0 aromatic heterocycles. The predicted octanol–water partition coefficient (Wildman–Crippen LogP) is 1.24. The highest BCUT2D eigenvalue weighted by Gasteiger charge is 2.28. The summed E-state index contributed by atoms with van der Waals surface area (Å²) in [5.41, 5.74) is 1.79. The Morgan fingerprint density at radius 3 is 2.41 bits per heavy atom. The summed E-state index contributed by atoms with van der Waals surface area (Å²) in [5, 5.41) is 9.33. The van der Waals surface area contributed by atoms with Crippen molar-refractivity contribution in [1.29, 1.82) is 0 Å². The second-order valence-electron chi connectivity index (χ2n) is 6.64. The fraction of sp³-hybridized carbons (Fsp3) is 0.526. The molecule has 8 heteroatoms. The van der Waals surface area contributed by atoms with Crippen molar-refractivity contribution < 1.29 is 9.59 Å². The lowest BCUT2D eigenvalue weighted by Gasteiger charge is -2.13. The summed E-state index contributed by atoms with van der Waals surface area (Å²) in [6.45, 7) is 1.92. The van der Waals surface area contributed by atoms with E-state index in [1.54, 1.807) is 26.0 Å². The maximum atomic E-state index is 12.0. The molecule has 1 aliphatic rings. The lowest BCUT2D eigenvalue weighted by atomic mass is 10.1. The highest BCUT2D eigenvalue weighted by Crippen LogP contribution is 2.28. The molecule has 0 unspecified atom stereocenters. The van der Waals surface area contributed by atoms with Crippen LogP contribution in [0.1, 0.15) is 28.8 Å². The van der Waals surface area contributed by atoms with Gasteiger partial charge in [0.15, 0.2) is 5.96 Å². The number of benzene rings is 1. The van der Waals surface area contributed by atoms with Crippen molar-refractivity contribution in [3.05, 3.63) is 35.4 Å². The number of amides is 2. The highest BCUT2D eigenvalue weighted by molar-refractivity contribution is 14.0. The molecule has 1 aliphatic carbocycles. The van der Waals surface area contributed by atoms with Crippen LogP contribution in [-0.4, -0.2) is 63.5 Å². The summed E-state index contributed by atoms with van der Waals surface area (Å²) in [6, 6.07) is 7.67. The quantitative estimate of drug-likeness (QED) is 0.223. The van der Waals surface area contributed by atoms with E-state index in [9.17, 15) is 9.59 Å². The van der Waals surface area contributed by atoms with Crippen molar-refractivity contribution in [3.63, 3.8) is 0 Å². The van der Waals surface area contributed by atoms with Gasteiger partial charge in [-0.25, -0.2) is 0 Å². The van der Waals surface area contributed by atoms with Gasteiger partial charge in [0.1, 0.15) is 0 Å². The van der Waals surface area contributed by atoms with E-state index in [1.807, 2.05) is 24.3 Å². The smallest absolute Gasteiger partial charge is 0.253 e. The molecular weight excluding hydrogens is 457 g/mol. The largest absolute Gasteiger partial charge is 0.356 e. The molecule has 3 N–H and O–H groups in total. The van der Waals surface area contributed by atoms with Crippen LogP contribution in [0.2, 0.25) is 0 Å². The molecule has 150 valence electrons. The summed E-state index contributed by atoms with van der Waals surface area (Å²) in [4.78, 5) is 29.3. The van der Waals surface area contributed by atoms with Crippen LogP contribution in [-0.2, 0) is 11.2 Å². The maximum absolute atomic E-state index is 12.0. The minimum absolute atomic E-state index is 0. The number of nitrogens with zero attached hydrogens (tertiary/aromatic N) is 2. The average Bonchev–Trinajstić information content (AvgIpc) is 3.48. The minimum Gasteiger partial charge on any atom is -0.356 e. The minimum atomic E-state index is 0. The van der Waals surface area contributed by atoms with E-state index < -0.39 is 0 Å². The topological polar surface area (TPSA) is 85.8 Å². The van der Waals surface area contributed by atoms with Crippen molar-refractivity contribution in [2.24, 2.45) is 10.9 Å². The SMILES string of the molecule is CN=C(NCCNC(=O)C1CC1)NCCc1cccc(C(=O)N(C)C)c1.I. The van der Waals surface area contributed by atoms with E-state index in [0.29, 0.717) is 31.2 Å². The second kappa shape index (κ2) is 11.8. The first kappa shape index (κ1) is 23.2. The van der Waals surface area contributed by atoms with E-state index in [4.69, 9.17) is 0 Å². The normalized spacial score (nSPS) is 13.4. The van der Waals surface area contributed by atoms with E-state index in [1.165, 1.54) is 0 Å². The average molecular weight is 487 g/mol. The molecule has 0 radical (unpaired) electrons. The van der Waals surface area contributed by atoms with Crippen LogP contribution < -0.4 is 16.0 Å². The molecule has 1 aromatic carbocycles. The highest BCUT2D eigenvalue weighted by atomic mass is 127. The van der Waals surface area contributed by atoms with Gasteiger partial charge in [-0.3, -0.25) is 14.6 Å². The number of carbonyl (C=O) groups excluding carboxylic acids is 2. The Labute approximate surface area is 178 Å². The van der Waals surface area contributed by atoms with E-state index in [0.717, 1.165) is 24.8 Å². The van der Waals surface area contributed by atoms with Crippen LogP contribution in [0, 0.1) is 5.92 Å². The molecule has 0 saturated heterocycles. The number of carbonyl (C=O) groups is 2. The Morgan fingerprint density at radius 2 is 1.78 bits per heavy atom. The number of nitrogens with one attached hydrogen (secondary N) is 3. The lowest BCUT2D eigenvalue weighted by molar-refractivity contribution is -0.122. The molecular formula is C19H30IN5O2. The van der Waals surface area contributed by atoms with Crippen LogP contribution in [0.25, 0.3) is 0 Å². The fourth-order valence-corrected chi connectivity index (χ4v) is 2.52. The molecule has 0 aliphatic heterocycles. The molecule has 1 fully saturated rings. The number of guanidine groups is 1. The van der Waals surface area contributed by atoms with Gasteiger partial charge in [0.05, 0.1) is 0 Å². The van der Waals surface area contributed by atoms with Gasteiger partial charge in [-0.05, 0) is 37.0 Å². The molecule has 1 saturated carbocycles. The zero-order valence-corrected chi connectivity index (χ0v) is 18.6. The molecule has 0 spiro atoms. The van der Waals surface area contributed by atoms with Gasteiger partial charge < -0.3 is 20.9 Å². The monoisotopic (exact) mass is 487 g/mol. The molecule has 2 amide bonds. The summed E-state index contributed by atoms with van der Waals surface area (Å²) >= 11 is 0. The zero-order valence-electron chi connectivity index (χ0n) is 16.2. The fourth-order valence-electron chi connectivity index (χ4n) is 2.52. The van der Waals surface area contributed by atoms with Gasteiger partial charge in [-0.2, -0.15) is 0 Å². The Bertz CT molecular complexity index is 659. The van der Waals surface area contributed by atoms with Crippen molar-refractivity contribution >= 4 is 41.8 Å². The first-order valence-corrected chi connectivity index (χ1v) is 9.04. The van der Waals surface area contributed by atoms with Crippen molar-refractivity contribution in [2.45, 2.75) is 19.3 Å². The van der Waals surface area contributed by atoms with E-state index >= 15 is 0 Å². The van der Waals surface area contributed by atoms with E-state index in [2.05, 4.69) is 20.9 Å². The second-order valence-corrected chi connectivity index (χ2v) is 6.64. The first-order chi connectivity index (χ1) is 12.5. The van der Waals surface area contributed by atoms with Crippen molar-refractivity contribution in [2.75, 3.05) is 40.8 Å². The van der Waals surface area contributed by atoms with Crippen LogP contribution in [0.15, 0.2) is 29.3 Å². The van der Waals surface area contributed by atoms with Crippen LogP contribution >= 0.6 is 24.0 Å². The zero-order chi connectivity index (χ0) is 18.9. The third kappa shape index (κ3) is 8.15. The third-order valence-corrected chi connectivity index (χ3v) is 4.17. The number of hydrogen-bond donors (Lipinski definition) is 3. The van der Waals surface area contributed by atoms with E-state index in [-0.39, 0.29) is 41.7 Å². The number of aliphatic imine (C=N–C) groups is 1. The first-order valence-electron chi connectivity index (χ1n) is 9.04. The molecule has 0 atom stereocenters. The molecule has 27 heavy (non-hydrogen) atoms. The molecule has 0 bridgehead atoms. The molecule has 0 heterocycles. The van der Waals surface area contributed by atoms with Gasteiger partial charge in [0.2, 0.25) is 5.91 Å². The van der Waals surface area contributed by atoms with Crippen molar-refractivity contribution in [3.8, 4) is 0 Å². The maximum Gasteiger partial charge on any atom is 0.253 e. The van der Waals surface area contributed by atoms with Crippen LogP contribution in [0.4, 0.5) is 0 Å². The number of halogens is 1. The molecule has 1 aromatic rings. The third-order valence-electron chi connectivity index (χ3n) is 4.17. The standard InChI is InChI=1S/C19H29N5O2.HI/c1-20-19(23-12-11-21-17(25)15-7-8-15)22-10-9-14-5-4-6-16(13-14)18(26)24(2)3;/h4-6,13,15H,7-12H2,1-3H3,(H,21,25)(H2,20,22,23);1H. The van der Waals surface area contributed by atoms with Gasteiger partial charge in [0.25, 0.3) is 5.91 Å².